The molecule has 0 atom stereocenters. The summed E-state index contributed by atoms with van der Waals surface area (Å²) in [6.07, 6.45) is 1.17. The summed E-state index contributed by atoms with van der Waals surface area (Å²) in [5.74, 6) is 0. The normalized spacial score (nSPS) is 12.7. The maximum atomic E-state index is 11.2. The van der Waals surface area contributed by atoms with Crippen LogP contribution in [-0.4, -0.2) is 26.8 Å². The molecule has 1 rings (SSSR count). The molecule has 0 unspecified atom stereocenters. The van der Waals surface area contributed by atoms with Gasteiger partial charge in [-0.1, -0.05) is 28.1 Å². The predicted molar refractivity (Wildman–Crippen MR) is 77.9 cm³/mol. The first-order chi connectivity index (χ1) is 8.18. The van der Waals surface area contributed by atoms with Crippen molar-refractivity contribution in [3.05, 3.63) is 34.3 Å². The van der Waals surface area contributed by atoms with Crippen LogP contribution in [0, 0.1) is 0 Å². The molecule has 0 amide bonds. The van der Waals surface area contributed by atoms with Gasteiger partial charge in [-0.15, -0.1) is 0 Å². The van der Waals surface area contributed by atoms with E-state index in [4.69, 9.17) is 0 Å². The minimum absolute atomic E-state index is 0.500. The van der Waals surface area contributed by atoms with Crippen LogP contribution in [0.4, 0.5) is 0 Å². The van der Waals surface area contributed by atoms with Crippen LogP contribution in [0.3, 0.4) is 0 Å². The van der Waals surface area contributed by atoms with Gasteiger partial charge in [0.2, 0.25) is 10.0 Å². The zero-order valence-electron chi connectivity index (χ0n) is 10.8. The molecule has 1 aromatic carbocycles. The van der Waals surface area contributed by atoms with Crippen LogP contribution in [0.5, 0.6) is 0 Å². The van der Waals surface area contributed by atoms with Gasteiger partial charge in [0.05, 0.1) is 6.26 Å². The third-order valence-corrected chi connectivity index (χ3v) is 3.66. The zero-order valence-corrected chi connectivity index (χ0v) is 13.2. The summed E-state index contributed by atoms with van der Waals surface area (Å²) in [5.41, 5.74) is 0.652. The second kappa shape index (κ2) is 6.14. The molecular weight excluding hydrogens is 316 g/mol. The summed E-state index contributed by atoms with van der Waals surface area (Å²) >= 11 is 3.41. The minimum Gasteiger partial charge on any atom is -0.311 e. The van der Waals surface area contributed by atoms with Crippen LogP contribution in [0.25, 0.3) is 0 Å². The van der Waals surface area contributed by atoms with Crippen molar-refractivity contribution in [2.24, 2.45) is 0 Å². The molecule has 1 aromatic rings. The van der Waals surface area contributed by atoms with Crippen LogP contribution in [0.15, 0.2) is 28.7 Å². The molecule has 0 fully saturated rings. The quantitative estimate of drug-likeness (QED) is 0.834. The van der Waals surface area contributed by atoms with Gasteiger partial charge in [-0.05, 0) is 31.5 Å². The summed E-state index contributed by atoms with van der Waals surface area (Å²) in [4.78, 5) is 0. The fourth-order valence-corrected chi connectivity index (χ4v) is 3.23. The number of hydrogen-bond acceptors (Lipinski definition) is 3. The number of hydrogen-bond donors (Lipinski definition) is 2. The highest BCUT2D eigenvalue weighted by Gasteiger charge is 2.21. The fraction of sp³-hybridized carbons (Fsp3) is 0.500. The monoisotopic (exact) mass is 334 g/mol. The Kier molecular flexibility index (Phi) is 5.33. The second-order valence-corrected chi connectivity index (χ2v) is 7.66. The Morgan fingerprint density at radius 2 is 2.00 bits per heavy atom. The summed E-state index contributed by atoms with van der Waals surface area (Å²) < 4.78 is 26.0. The van der Waals surface area contributed by atoms with E-state index < -0.39 is 15.6 Å². The molecule has 102 valence electrons. The van der Waals surface area contributed by atoms with Gasteiger partial charge in [-0.2, -0.15) is 0 Å². The second-order valence-electron chi connectivity index (χ2n) is 4.99. The Morgan fingerprint density at radius 1 is 1.33 bits per heavy atom. The molecule has 0 aliphatic heterocycles. The van der Waals surface area contributed by atoms with Crippen molar-refractivity contribution in [1.82, 2.24) is 10.0 Å². The SMILES string of the molecule is CC(C)(CNCc1cccc(Br)c1)NS(C)(=O)=O. The molecule has 0 bridgehead atoms. The van der Waals surface area contributed by atoms with Crippen molar-refractivity contribution >= 4 is 26.0 Å². The highest BCUT2D eigenvalue weighted by molar-refractivity contribution is 9.10. The van der Waals surface area contributed by atoms with Gasteiger partial charge in [-0.25, -0.2) is 13.1 Å². The van der Waals surface area contributed by atoms with Gasteiger partial charge in [0.15, 0.2) is 0 Å². The highest BCUT2D eigenvalue weighted by Crippen LogP contribution is 2.11. The molecule has 0 saturated carbocycles. The third kappa shape index (κ3) is 6.49. The van der Waals surface area contributed by atoms with Crippen LogP contribution in [0.2, 0.25) is 0 Å². The Bertz CT molecular complexity index is 501. The largest absolute Gasteiger partial charge is 0.311 e. The van der Waals surface area contributed by atoms with Gasteiger partial charge < -0.3 is 5.32 Å². The summed E-state index contributed by atoms with van der Waals surface area (Å²) in [6, 6.07) is 8.00. The molecule has 2 N–H and O–H groups in total. The standard InChI is InChI=1S/C12H19BrN2O2S/c1-12(2,15-18(3,16)17)9-14-8-10-5-4-6-11(13)7-10/h4-7,14-15H,8-9H2,1-3H3. The topological polar surface area (TPSA) is 58.2 Å². The van der Waals surface area contributed by atoms with Crippen molar-refractivity contribution in [2.45, 2.75) is 25.9 Å². The number of nitrogens with one attached hydrogen (secondary N) is 2. The van der Waals surface area contributed by atoms with Crippen LogP contribution >= 0.6 is 15.9 Å². The summed E-state index contributed by atoms with van der Waals surface area (Å²) in [6.45, 7) is 4.96. The number of sulfonamides is 1. The number of benzene rings is 1. The lowest BCUT2D eigenvalue weighted by atomic mass is 10.1. The Hall–Kier alpha value is -0.430. The lowest BCUT2D eigenvalue weighted by Crippen LogP contribution is -2.49. The first-order valence-corrected chi connectivity index (χ1v) is 8.30. The minimum atomic E-state index is -3.18. The molecule has 0 spiro atoms. The van der Waals surface area contributed by atoms with Gasteiger partial charge >= 0.3 is 0 Å². The van der Waals surface area contributed by atoms with E-state index in [1.54, 1.807) is 0 Å². The van der Waals surface area contributed by atoms with Gasteiger partial charge in [0.25, 0.3) is 0 Å². The van der Waals surface area contributed by atoms with E-state index in [2.05, 4.69) is 26.0 Å². The molecule has 18 heavy (non-hydrogen) atoms. The van der Waals surface area contributed by atoms with Crippen molar-refractivity contribution in [3.63, 3.8) is 0 Å². The molecule has 4 nitrogen and oxygen atoms in total. The maximum absolute atomic E-state index is 11.2. The smallest absolute Gasteiger partial charge is 0.209 e. The van der Waals surface area contributed by atoms with Crippen LogP contribution in [0.1, 0.15) is 19.4 Å². The average molecular weight is 335 g/mol. The lowest BCUT2D eigenvalue weighted by molar-refractivity contribution is 0.421. The molecule has 0 aliphatic rings. The van der Waals surface area contributed by atoms with Gasteiger partial charge in [0, 0.05) is 23.1 Å². The summed E-state index contributed by atoms with van der Waals surface area (Å²) in [5, 5.41) is 3.24. The first-order valence-electron chi connectivity index (χ1n) is 5.62. The van der Waals surface area contributed by atoms with E-state index in [1.807, 2.05) is 38.1 Å². The number of rotatable bonds is 6. The van der Waals surface area contributed by atoms with E-state index in [-0.39, 0.29) is 0 Å². The molecule has 0 saturated heterocycles. The van der Waals surface area contributed by atoms with Crippen LogP contribution < -0.4 is 10.0 Å². The predicted octanol–water partition coefficient (Wildman–Crippen LogP) is 1.87. The number of halogens is 1. The van der Waals surface area contributed by atoms with E-state index in [0.29, 0.717) is 13.1 Å². The van der Waals surface area contributed by atoms with E-state index in [1.165, 1.54) is 6.26 Å². The summed E-state index contributed by atoms with van der Waals surface area (Å²) in [7, 11) is -3.18. The molecule has 0 heterocycles. The molecule has 0 aromatic heterocycles. The van der Waals surface area contributed by atoms with E-state index in [9.17, 15) is 8.42 Å². The Morgan fingerprint density at radius 3 is 2.56 bits per heavy atom. The van der Waals surface area contributed by atoms with Crippen molar-refractivity contribution in [3.8, 4) is 0 Å². The van der Waals surface area contributed by atoms with Crippen LogP contribution in [-0.2, 0) is 16.6 Å². The Balaban J connectivity index is 2.46. The van der Waals surface area contributed by atoms with Gasteiger partial charge in [-0.3, -0.25) is 0 Å². The molecule has 0 radical (unpaired) electrons. The molecule has 0 aliphatic carbocycles. The van der Waals surface area contributed by atoms with Gasteiger partial charge in [0.1, 0.15) is 0 Å². The average Bonchev–Trinajstić information content (AvgIpc) is 2.13. The third-order valence-electron chi connectivity index (χ3n) is 2.25. The highest BCUT2D eigenvalue weighted by atomic mass is 79.9. The fourth-order valence-electron chi connectivity index (χ4n) is 1.70. The molecule has 6 heteroatoms. The van der Waals surface area contributed by atoms with E-state index in [0.717, 1.165) is 10.0 Å². The first kappa shape index (κ1) is 15.6. The lowest BCUT2D eigenvalue weighted by Gasteiger charge is -2.25. The van der Waals surface area contributed by atoms with Crippen molar-refractivity contribution in [1.29, 1.82) is 0 Å². The van der Waals surface area contributed by atoms with E-state index >= 15 is 0 Å². The maximum Gasteiger partial charge on any atom is 0.209 e. The zero-order chi connectivity index (χ0) is 13.8. The van der Waals surface area contributed by atoms with Crippen molar-refractivity contribution in [2.75, 3.05) is 12.8 Å². The molecular formula is C12H19BrN2O2S. The van der Waals surface area contributed by atoms with Crippen molar-refractivity contribution < 1.29 is 8.42 Å². The Labute approximate surface area is 117 Å².